The van der Waals surface area contributed by atoms with E-state index in [0.717, 1.165) is 33.0 Å². The van der Waals surface area contributed by atoms with E-state index in [1.807, 2.05) is 42.5 Å². The molecular formula is C21H14N2O5S. The molecule has 0 aromatic heterocycles. The van der Waals surface area contributed by atoms with E-state index in [-0.39, 0.29) is 17.0 Å². The summed E-state index contributed by atoms with van der Waals surface area (Å²) in [7, 11) is 0. The van der Waals surface area contributed by atoms with Crippen LogP contribution in [0.1, 0.15) is 11.1 Å². The molecular weight excluding hydrogens is 392 g/mol. The molecule has 144 valence electrons. The zero-order chi connectivity index (χ0) is 20.5. The first-order valence-electron chi connectivity index (χ1n) is 8.64. The number of aromatic hydroxyl groups is 1. The van der Waals surface area contributed by atoms with Gasteiger partial charge in [0.2, 0.25) is 5.75 Å². The second-order valence-corrected chi connectivity index (χ2v) is 7.37. The number of amides is 2. The summed E-state index contributed by atoms with van der Waals surface area (Å²) in [6.45, 7) is 0.115. The van der Waals surface area contributed by atoms with E-state index < -0.39 is 27.5 Å². The first kappa shape index (κ1) is 18.7. The number of thioether (sulfide) groups is 1. The summed E-state index contributed by atoms with van der Waals surface area (Å²) in [5.74, 6) is -1.04. The fourth-order valence-corrected chi connectivity index (χ4v) is 4.02. The Labute approximate surface area is 169 Å². The van der Waals surface area contributed by atoms with Crippen LogP contribution < -0.4 is 0 Å². The number of phenols is 1. The molecule has 0 aliphatic carbocycles. The maximum absolute atomic E-state index is 12.8. The van der Waals surface area contributed by atoms with Crippen molar-refractivity contribution in [1.29, 1.82) is 0 Å². The van der Waals surface area contributed by atoms with Crippen LogP contribution in [0.2, 0.25) is 0 Å². The Bertz CT molecular complexity index is 1200. The number of carbonyl (C=O) groups excluding carboxylic acids is 2. The van der Waals surface area contributed by atoms with Crippen LogP contribution >= 0.6 is 11.8 Å². The van der Waals surface area contributed by atoms with Gasteiger partial charge in [-0.15, -0.1) is 0 Å². The fourth-order valence-electron chi connectivity index (χ4n) is 3.19. The van der Waals surface area contributed by atoms with Crippen LogP contribution in [0.15, 0.2) is 65.6 Å². The molecule has 1 aliphatic heterocycles. The number of hydrogen-bond acceptors (Lipinski definition) is 6. The molecule has 0 bridgehead atoms. The average molecular weight is 406 g/mol. The summed E-state index contributed by atoms with van der Waals surface area (Å²) < 4.78 is 0. The Morgan fingerprint density at radius 2 is 1.76 bits per heavy atom. The van der Waals surface area contributed by atoms with Gasteiger partial charge >= 0.3 is 5.69 Å². The van der Waals surface area contributed by atoms with Crippen molar-refractivity contribution in [2.24, 2.45) is 0 Å². The minimum Gasteiger partial charge on any atom is -0.502 e. The smallest absolute Gasteiger partial charge is 0.311 e. The molecule has 29 heavy (non-hydrogen) atoms. The van der Waals surface area contributed by atoms with Crippen molar-refractivity contribution < 1.29 is 19.6 Å². The topological polar surface area (TPSA) is 101 Å². The van der Waals surface area contributed by atoms with Gasteiger partial charge in [0.05, 0.1) is 16.4 Å². The second kappa shape index (κ2) is 7.40. The molecule has 7 nitrogen and oxygen atoms in total. The van der Waals surface area contributed by atoms with Gasteiger partial charge in [0, 0.05) is 11.6 Å². The van der Waals surface area contributed by atoms with Crippen molar-refractivity contribution in [2.75, 3.05) is 0 Å². The lowest BCUT2D eigenvalue weighted by Crippen LogP contribution is -2.27. The molecule has 8 heteroatoms. The minimum absolute atomic E-state index is 0.103. The molecule has 0 radical (unpaired) electrons. The van der Waals surface area contributed by atoms with Gasteiger partial charge in [-0.05, 0) is 34.2 Å². The van der Waals surface area contributed by atoms with Gasteiger partial charge in [0.25, 0.3) is 11.1 Å². The van der Waals surface area contributed by atoms with Crippen molar-refractivity contribution in [2.45, 2.75) is 6.54 Å². The van der Waals surface area contributed by atoms with Crippen molar-refractivity contribution in [3.8, 4) is 5.75 Å². The van der Waals surface area contributed by atoms with Gasteiger partial charge in [0.1, 0.15) is 0 Å². The first-order valence-corrected chi connectivity index (χ1v) is 9.46. The Morgan fingerprint density at radius 1 is 1.03 bits per heavy atom. The number of fused-ring (bicyclic) bond motifs is 1. The highest BCUT2D eigenvalue weighted by molar-refractivity contribution is 8.18. The standard InChI is InChI=1S/C21H14N2O5S/c24-19-14(7-4-10-17(19)23(27)28)11-18-20(25)22(21(26)29-18)12-15-8-3-6-13-5-1-2-9-16(13)15/h1-11,24H,12H2/b18-11+. The summed E-state index contributed by atoms with van der Waals surface area (Å²) in [4.78, 5) is 36.7. The highest BCUT2D eigenvalue weighted by atomic mass is 32.2. The maximum atomic E-state index is 12.8. The number of nitro groups is 1. The van der Waals surface area contributed by atoms with E-state index in [4.69, 9.17) is 0 Å². The molecule has 0 spiro atoms. The molecule has 1 heterocycles. The van der Waals surface area contributed by atoms with Gasteiger partial charge in [-0.3, -0.25) is 24.6 Å². The molecule has 1 fully saturated rings. The Balaban J connectivity index is 1.65. The number of nitro benzene ring substituents is 1. The number of benzene rings is 3. The fraction of sp³-hybridized carbons (Fsp3) is 0.0476. The predicted molar refractivity (Wildman–Crippen MR) is 110 cm³/mol. The van der Waals surface area contributed by atoms with E-state index >= 15 is 0 Å². The zero-order valence-corrected chi connectivity index (χ0v) is 15.8. The SMILES string of the molecule is O=C1S/C(=C/c2cccc([N+](=O)[O-])c2O)C(=O)N1Cc1cccc2ccccc12. The average Bonchev–Trinajstić information content (AvgIpc) is 2.97. The van der Waals surface area contributed by atoms with Crippen LogP contribution in [-0.4, -0.2) is 26.1 Å². The quantitative estimate of drug-likeness (QED) is 0.383. The molecule has 1 N–H and O–H groups in total. The number of nitrogens with zero attached hydrogens (tertiary/aromatic N) is 2. The number of phenolic OH excluding ortho intramolecular Hbond substituents is 1. The summed E-state index contributed by atoms with van der Waals surface area (Å²) in [6, 6.07) is 17.4. The highest BCUT2D eigenvalue weighted by Gasteiger charge is 2.35. The second-order valence-electron chi connectivity index (χ2n) is 6.38. The lowest BCUT2D eigenvalue weighted by Gasteiger charge is -2.14. The highest BCUT2D eigenvalue weighted by Crippen LogP contribution is 2.37. The van der Waals surface area contributed by atoms with Crippen LogP contribution in [-0.2, 0) is 11.3 Å². The minimum atomic E-state index is -0.709. The summed E-state index contributed by atoms with van der Waals surface area (Å²) in [5, 5.41) is 22.6. The summed E-state index contributed by atoms with van der Waals surface area (Å²) in [5.41, 5.74) is 0.480. The lowest BCUT2D eigenvalue weighted by atomic mass is 10.0. The van der Waals surface area contributed by atoms with E-state index in [1.165, 1.54) is 24.3 Å². The molecule has 0 unspecified atom stereocenters. The maximum Gasteiger partial charge on any atom is 0.311 e. The van der Waals surface area contributed by atoms with Gasteiger partial charge in [-0.25, -0.2) is 0 Å². The zero-order valence-electron chi connectivity index (χ0n) is 14.9. The number of imide groups is 1. The number of hydrogen-bond donors (Lipinski definition) is 1. The third kappa shape index (κ3) is 3.45. The largest absolute Gasteiger partial charge is 0.502 e. The van der Waals surface area contributed by atoms with Crippen LogP contribution in [0, 0.1) is 10.1 Å². The van der Waals surface area contributed by atoms with Gasteiger partial charge in [-0.1, -0.05) is 54.6 Å². The molecule has 1 aliphatic rings. The van der Waals surface area contributed by atoms with Crippen LogP contribution in [0.25, 0.3) is 16.8 Å². The molecule has 0 saturated carbocycles. The van der Waals surface area contributed by atoms with E-state index in [9.17, 15) is 24.8 Å². The molecule has 0 atom stereocenters. The molecule has 3 aromatic rings. The molecule has 4 rings (SSSR count). The summed E-state index contributed by atoms with van der Waals surface area (Å²) >= 11 is 0.742. The van der Waals surface area contributed by atoms with E-state index in [1.54, 1.807) is 0 Å². The number of carbonyl (C=O) groups is 2. The van der Waals surface area contributed by atoms with E-state index in [0.29, 0.717) is 0 Å². The normalized spacial score (nSPS) is 15.4. The van der Waals surface area contributed by atoms with Crippen molar-refractivity contribution in [3.05, 3.63) is 86.8 Å². The molecule has 2 amide bonds. The monoisotopic (exact) mass is 406 g/mol. The van der Waals surface area contributed by atoms with Gasteiger partial charge in [0.15, 0.2) is 0 Å². The third-order valence-electron chi connectivity index (χ3n) is 4.61. The van der Waals surface area contributed by atoms with Crippen molar-refractivity contribution >= 4 is 45.4 Å². The van der Waals surface area contributed by atoms with Crippen LogP contribution in [0.5, 0.6) is 5.75 Å². The predicted octanol–water partition coefficient (Wildman–Crippen LogP) is 4.69. The van der Waals surface area contributed by atoms with Gasteiger partial charge < -0.3 is 5.11 Å². The van der Waals surface area contributed by atoms with Crippen LogP contribution in [0.4, 0.5) is 10.5 Å². The van der Waals surface area contributed by atoms with Gasteiger partial charge in [-0.2, -0.15) is 0 Å². The first-order chi connectivity index (χ1) is 14.0. The summed E-state index contributed by atoms with van der Waals surface area (Å²) in [6.07, 6.45) is 1.30. The number of para-hydroxylation sites is 1. The molecule has 1 saturated heterocycles. The Morgan fingerprint density at radius 3 is 2.55 bits per heavy atom. The molecule has 3 aromatic carbocycles. The van der Waals surface area contributed by atoms with Crippen molar-refractivity contribution in [1.82, 2.24) is 4.90 Å². The number of rotatable bonds is 4. The third-order valence-corrected chi connectivity index (χ3v) is 5.52. The Hall–Kier alpha value is -3.65. The van der Waals surface area contributed by atoms with E-state index in [2.05, 4.69) is 0 Å². The van der Waals surface area contributed by atoms with Crippen LogP contribution in [0.3, 0.4) is 0 Å². The van der Waals surface area contributed by atoms with Crippen molar-refractivity contribution in [3.63, 3.8) is 0 Å². The Kier molecular flexibility index (Phi) is 4.77. The lowest BCUT2D eigenvalue weighted by molar-refractivity contribution is -0.385.